The zero-order valence-corrected chi connectivity index (χ0v) is 39.3. The van der Waals surface area contributed by atoms with Crippen LogP contribution in [-0.2, 0) is 23.6 Å². The summed E-state index contributed by atoms with van der Waals surface area (Å²) in [6, 6.07) is 13.2. The minimum absolute atomic E-state index is 0.0592. The van der Waals surface area contributed by atoms with Crippen molar-refractivity contribution < 1.29 is 23.1 Å². The number of benzene rings is 2. The molecule has 1 saturated heterocycles. The third kappa shape index (κ3) is 9.14. The number of ether oxygens (including phenoxy) is 1. The van der Waals surface area contributed by atoms with E-state index in [9.17, 15) is 14.7 Å². The number of hydrogen-bond acceptors (Lipinski definition) is 7. The third-order valence-corrected chi connectivity index (χ3v) is 26.3. The van der Waals surface area contributed by atoms with E-state index >= 15 is 0 Å². The van der Waals surface area contributed by atoms with Gasteiger partial charge >= 0.3 is 5.69 Å². The van der Waals surface area contributed by atoms with Crippen molar-refractivity contribution in [1.82, 2.24) is 9.55 Å². The smallest absolute Gasteiger partial charge is 0.330 e. The number of rotatable bonds is 11. The van der Waals surface area contributed by atoms with E-state index in [2.05, 4.69) is 107 Å². The lowest BCUT2D eigenvalue weighted by atomic mass is 9.81. The van der Waals surface area contributed by atoms with Crippen molar-refractivity contribution in [3.8, 4) is 0 Å². The fourth-order valence-electron chi connectivity index (χ4n) is 5.67. The Morgan fingerprint density at radius 1 is 0.704 bits per heavy atom. The van der Waals surface area contributed by atoms with Crippen LogP contribution in [0.5, 0.6) is 0 Å². The van der Waals surface area contributed by atoms with E-state index in [4.69, 9.17) is 41.2 Å². The average Bonchev–Trinajstić information content (AvgIpc) is 3.33. The van der Waals surface area contributed by atoms with E-state index in [-0.39, 0.29) is 27.3 Å². The van der Waals surface area contributed by atoms with Gasteiger partial charge in [-0.25, -0.2) is 4.79 Å². The van der Waals surface area contributed by atoms with Crippen molar-refractivity contribution in [2.24, 2.45) is 0 Å². The molecule has 2 N–H and O–H groups in total. The Hall–Kier alpha value is -1.85. The molecule has 1 aliphatic heterocycles. The van der Waals surface area contributed by atoms with E-state index in [1.165, 1.54) is 10.8 Å². The van der Waals surface area contributed by atoms with Gasteiger partial charge in [-0.1, -0.05) is 110 Å². The molecule has 0 saturated carbocycles. The molecule has 2 heterocycles. The summed E-state index contributed by atoms with van der Waals surface area (Å²) in [4.78, 5) is 30.5. The van der Waals surface area contributed by atoms with Gasteiger partial charge in [-0.3, -0.25) is 14.3 Å². The molecule has 0 aliphatic carbocycles. The van der Waals surface area contributed by atoms with Crippen molar-refractivity contribution in [3.05, 3.63) is 102 Å². The van der Waals surface area contributed by atoms with E-state index in [0.29, 0.717) is 21.2 Å². The highest BCUT2D eigenvalue weighted by molar-refractivity contribution is 6.75. The first-order valence-electron chi connectivity index (χ1n) is 18.7. The van der Waals surface area contributed by atoms with Crippen molar-refractivity contribution >= 4 is 48.2 Å². The summed E-state index contributed by atoms with van der Waals surface area (Å²) in [5.74, 6) is 0. The Bertz CT molecular complexity index is 1850. The maximum atomic E-state index is 14.1. The molecule has 0 unspecified atom stereocenters. The molecule has 300 valence electrons. The molecule has 54 heavy (non-hydrogen) atoms. The molecule has 4 atom stereocenters. The fraction of sp³-hybridized carbons (Fsp3) is 0.600. The van der Waals surface area contributed by atoms with E-state index in [1.54, 1.807) is 48.5 Å². The lowest BCUT2D eigenvalue weighted by Gasteiger charge is -2.44. The summed E-state index contributed by atoms with van der Waals surface area (Å²) in [5, 5.41) is 13.3. The number of H-pyrrole nitrogens is 1. The van der Waals surface area contributed by atoms with Crippen LogP contribution in [0, 0.1) is 0 Å². The molecule has 1 aliphatic rings. The van der Waals surface area contributed by atoms with Gasteiger partial charge in [0.2, 0.25) is 0 Å². The minimum atomic E-state index is -2.56. The van der Waals surface area contributed by atoms with Crippen LogP contribution < -0.4 is 11.2 Å². The van der Waals surface area contributed by atoms with Gasteiger partial charge < -0.3 is 23.1 Å². The van der Waals surface area contributed by atoms with Gasteiger partial charge in [0.15, 0.2) is 31.2 Å². The molecule has 0 amide bonds. The zero-order chi connectivity index (χ0) is 41.0. The third-order valence-electron chi connectivity index (χ3n) is 12.3. The van der Waals surface area contributed by atoms with Crippen LogP contribution in [-0.4, -0.2) is 64.5 Å². The normalized spacial score (nSPS) is 20.8. The van der Waals surface area contributed by atoms with Crippen LogP contribution in [0.1, 0.15) is 85.2 Å². The number of aliphatic hydroxyl groups is 1. The Morgan fingerprint density at radius 3 is 1.52 bits per heavy atom. The quantitative estimate of drug-likeness (QED) is 0.185. The predicted octanol–water partition coefficient (Wildman–Crippen LogP) is 9.83. The molecule has 14 heteroatoms. The first-order valence-corrected chi connectivity index (χ1v) is 28.2. The topological polar surface area (TPSA) is 112 Å². The molecular formula is C40H62Cl2N2O7Si3. The highest BCUT2D eigenvalue weighted by Crippen LogP contribution is 2.47. The zero-order valence-electron chi connectivity index (χ0n) is 34.8. The number of hydrogen-bond donors (Lipinski definition) is 2. The van der Waals surface area contributed by atoms with Gasteiger partial charge in [-0.15, -0.1) is 0 Å². The second-order valence-corrected chi connectivity index (χ2v) is 34.5. The summed E-state index contributed by atoms with van der Waals surface area (Å²) in [7, 11) is -7.29. The van der Waals surface area contributed by atoms with Crippen LogP contribution in [0.2, 0.25) is 64.4 Å². The maximum Gasteiger partial charge on any atom is 0.330 e. The molecule has 2 aromatic carbocycles. The summed E-state index contributed by atoms with van der Waals surface area (Å²) in [6.07, 6.45) is -1.61. The van der Waals surface area contributed by atoms with Gasteiger partial charge in [0.1, 0.15) is 23.9 Å². The van der Waals surface area contributed by atoms with Crippen molar-refractivity contribution in [2.45, 2.75) is 147 Å². The second-order valence-electron chi connectivity index (χ2n) is 19.3. The highest BCUT2D eigenvalue weighted by Gasteiger charge is 2.55. The van der Waals surface area contributed by atoms with Gasteiger partial charge in [-0.05, 0) is 89.8 Å². The molecule has 9 nitrogen and oxygen atoms in total. The monoisotopic (exact) mass is 836 g/mol. The van der Waals surface area contributed by atoms with Crippen LogP contribution in [0.15, 0.2) is 64.3 Å². The first kappa shape index (κ1) is 44.9. The standard InChI is InChI=1S/C40H62Cl2N2O7Si3/c1-37(2,3)52(10,11)48-25-31-32(50-53(12,13)38(4,5)6)33(51-54(14,15)39(7,8)9)35(49-31)44-24-30(34(45)43-36(44)46)40(47,26-16-20-28(41)21-17-26)27-18-22-29(42)23-19-27/h16-24,31-33,35,47H,25H2,1-15H3,(H,43,45,46)/t31-,32-,33-,35-/m1/s1. The molecule has 0 radical (unpaired) electrons. The number of nitrogens with zero attached hydrogens (tertiary/aromatic N) is 1. The predicted molar refractivity (Wildman–Crippen MR) is 228 cm³/mol. The van der Waals surface area contributed by atoms with Gasteiger partial charge in [-0.2, -0.15) is 0 Å². The SMILES string of the molecule is CC(C)(C)[Si](C)(C)OC[C@H]1O[C@@H](n2cc(C(O)(c3ccc(Cl)cc3)c3ccc(Cl)cc3)c(=O)[nH]c2=O)[C@H](O[Si](C)(C)C(C)(C)C)[C@@H]1O[Si](C)(C)C(C)(C)C. The molecule has 1 fully saturated rings. The van der Waals surface area contributed by atoms with Gasteiger partial charge in [0.05, 0.1) is 12.2 Å². The summed E-state index contributed by atoms with van der Waals surface area (Å²) < 4.78 is 29.6. The van der Waals surface area contributed by atoms with Crippen molar-refractivity contribution in [2.75, 3.05) is 6.61 Å². The van der Waals surface area contributed by atoms with Crippen molar-refractivity contribution in [1.29, 1.82) is 0 Å². The lowest BCUT2D eigenvalue weighted by molar-refractivity contribution is -0.0514. The molecule has 1 aromatic heterocycles. The summed E-state index contributed by atoms with van der Waals surface area (Å²) >= 11 is 12.5. The molecule has 4 rings (SSSR count). The fourth-order valence-corrected chi connectivity index (χ4v) is 9.54. The average molecular weight is 838 g/mol. The van der Waals surface area contributed by atoms with Crippen LogP contribution in [0.25, 0.3) is 0 Å². The molecule has 3 aromatic rings. The Balaban J connectivity index is 2.00. The van der Waals surface area contributed by atoms with Crippen molar-refractivity contribution in [3.63, 3.8) is 0 Å². The number of halogens is 2. The highest BCUT2D eigenvalue weighted by atomic mass is 35.5. The Labute approximate surface area is 335 Å². The molecule has 0 bridgehead atoms. The lowest BCUT2D eigenvalue weighted by Crippen LogP contribution is -2.55. The van der Waals surface area contributed by atoms with Gasteiger partial charge in [0.25, 0.3) is 5.56 Å². The maximum absolute atomic E-state index is 14.1. The van der Waals surface area contributed by atoms with E-state index in [0.717, 1.165) is 0 Å². The van der Waals surface area contributed by atoms with Crippen LogP contribution in [0.4, 0.5) is 0 Å². The summed E-state index contributed by atoms with van der Waals surface area (Å²) in [5.41, 5.74) is -2.84. The first-order chi connectivity index (χ1) is 24.4. The van der Waals surface area contributed by atoms with E-state index < -0.39 is 66.3 Å². The van der Waals surface area contributed by atoms with Crippen LogP contribution in [0.3, 0.4) is 0 Å². The number of aromatic nitrogens is 2. The van der Waals surface area contributed by atoms with Gasteiger partial charge in [0, 0.05) is 16.2 Å². The number of nitrogens with one attached hydrogen (secondary N) is 1. The van der Waals surface area contributed by atoms with E-state index in [1.807, 2.05) is 0 Å². The second kappa shape index (κ2) is 15.5. The Kier molecular flexibility index (Phi) is 12.9. The number of aromatic amines is 1. The minimum Gasteiger partial charge on any atom is -0.414 e. The molecular weight excluding hydrogens is 776 g/mol. The molecule has 0 spiro atoms. The Morgan fingerprint density at radius 2 is 1.11 bits per heavy atom. The largest absolute Gasteiger partial charge is 0.414 e. The van der Waals surface area contributed by atoms with Crippen LogP contribution >= 0.6 is 23.2 Å². The summed E-state index contributed by atoms with van der Waals surface area (Å²) in [6.45, 7) is 32.9.